The Labute approximate surface area is 416 Å². The first-order valence-corrected chi connectivity index (χ1v) is 29.5. The van der Waals surface area contributed by atoms with E-state index in [4.69, 9.17) is 14.2 Å². The Kier molecular flexibility index (Phi) is 54.2. The van der Waals surface area contributed by atoms with E-state index >= 15 is 0 Å². The Hall–Kier alpha value is -2.37. The van der Waals surface area contributed by atoms with E-state index in [1.165, 1.54) is 193 Å². The molecule has 67 heavy (non-hydrogen) atoms. The summed E-state index contributed by atoms with van der Waals surface area (Å²) in [6.07, 6.45) is 67.0. The van der Waals surface area contributed by atoms with Gasteiger partial charge in [0.15, 0.2) is 6.10 Å². The molecule has 0 N–H and O–H groups in total. The number of esters is 3. The van der Waals surface area contributed by atoms with Crippen LogP contribution in [0, 0.1) is 0 Å². The number of ether oxygens (including phenoxy) is 3. The van der Waals surface area contributed by atoms with E-state index in [0.717, 1.165) is 83.5 Å². The molecule has 0 aromatic rings. The molecule has 1 atom stereocenters. The second-order valence-electron chi connectivity index (χ2n) is 19.9. The van der Waals surface area contributed by atoms with Gasteiger partial charge in [-0.15, -0.1) is 0 Å². The Balaban J connectivity index is 4.36. The first-order valence-electron chi connectivity index (χ1n) is 29.5. The minimum atomic E-state index is -0.779. The summed E-state index contributed by atoms with van der Waals surface area (Å²) in [6, 6.07) is 0. The van der Waals surface area contributed by atoms with E-state index in [1.807, 2.05) is 0 Å². The molecule has 0 aliphatic rings. The second-order valence-corrected chi connectivity index (χ2v) is 19.9. The van der Waals surface area contributed by atoms with Crippen LogP contribution in [0.3, 0.4) is 0 Å². The Morgan fingerprint density at radius 2 is 0.537 bits per heavy atom. The molecule has 0 saturated carbocycles. The molecule has 6 nitrogen and oxygen atoms in total. The van der Waals surface area contributed by atoms with Crippen molar-refractivity contribution < 1.29 is 28.6 Å². The zero-order valence-corrected chi connectivity index (χ0v) is 44.9. The summed E-state index contributed by atoms with van der Waals surface area (Å²) in [4.78, 5) is 38.2. The highest BCUT2D eigenvalue weighted by molar-refractivity contribution is 5.71. The fourth-order valence-corrected chi connectivity index (χ4v) is 8.65. The molecule has 0 radical (unpaired) electrons. The molecular weight excluding hydrogens is 829 g/mol. The van der Waals surface area contributed by atoms with E-state index in [0.29, 0.717) is 19.3 Å². The van der Waals surface area contributed by atoms with Crippen molar-refractivity contribution in [3.63, 3.8) is 0 Å². The molecule has 0 aromatic carbocycles. The van der Waals surface area contributed by atoms with E-state index < -0.39 is 6.10 Å². The second kappa shape index (κ2) is 56.2. The molecule has 0 spiro atoms. The van der Waals surface area contributed by atoms with Crippen LogP contribution in [0.1, 0.15) is 316 Å². The molecule has 0 bridgehead atoms. The van der Waals surface area contributed by atoms with Crippen LogP contribution in [-0.2, 0) is 28.6 Å². The third-order valence-electron chi connectivity index (χ3n) is 13.1. The summed E-state index contributed by atoms with van der Waals surface area (Å²) < 4.78 is 16.9. The normalized spacial score (nSPS) is 12.2. The Morgan fingerprint density at radius 1 is 0.299 bits per heavy atom. The van der Waals surface area contributed by atoms with Crippen molar-refractivity contribution in [2.24, 2.45) is 0 Å². The summed E-state index contributed by atoms with van der Waals surface area (Å²) >= 11 is 0. The molecule has 392 valence electrons. The van der Waals surface area contributed by atoms with Gasteiger partial charge in [0.2, 0.25) is 0 Å². The van der Waals surface area contributed by atoms with Crippen molar-refractivity contribution in [1.82, 2.24) is 0 Å². The smallest absolute Gasteiger partial charge is 0.306 e. The van der Waals surface area contributed by atoms with Gasteiger partial charge >= 0.3 is 17.9 Å². The average Bonchev–Trinajstić information content (AvgIpc) is 3.33. The van der Waals surface area contributed by atoms with Gasteiger partial charge in [-0.25, -0.2) is 0 Å². The van der Waals surface area contributed by atoms with Gasteiger partial charge in [-0.3, -0.25) is 14.4 Å². The molecule has 0 rings (SSSR count). The van der Waals surface area contributed by atoms with Crippen LogP contribution >= 0.6 is 0 Å². The van der Waals surface area contributed by atoms with Crippen molar-refractivity contribution >= 4 is 17.9 Å². The highest BCUT2D eigenvalue weighted by atomic mass is 16.6. The van der Waals surface area contributed by atoms with Gasteiger partial charge in [-0.05, 0) is 77.0 Å². The minimum absolute atomic E-state index is 0.0763. The summed E-state index contributed by atoms with van der Waals surface area (Å²) in [5.41, 5.74) is 0. The van der Waals surface area contributed by atoms with Crippen LogP contribution in [0.4, 0.5) is 0 Å². The largest absolute Gasteiger partial charge is 0.462 e. The molecule has 0 saturated heterocycles. The van der Waals surface area contributed by atoms with Gasteiger partial charge in [0.25, 0.3) is 0 Å². The highest BCUT2D eigenvalue weighted by Gasteiger charge is 2.19. The highest BCUT2D eigenvalue weighted by Crippen LogP contribution is 2.16. The fraction of sp³-hybridized carbons (Fsp3) is 0.852. The van der Waals surface area contributed by atoms with Gasteiger partial charge < -0.3 is 14.2 Å². The van der Waals surface area contributed by atoms with Crippen LogP contribution in [0.25, 0.3) is 0 Å². The van der Waals surface area contributed by atoms with Gasteiger partial charge in [0, 0.05) is 19.3 Å². The van der Waals surface area contributed by atoms with Crippen molar-refractivity contribution in [3.05, 3.63) is 36.5 Å². The number of hydrogen-bond acceptors (Lipinski definition) is 6. The predicted molar refractivity (Wildman–Crippen MR) is 289 cm³/mol. The van der Waals surface area contributed by atoms with Crippen LogP contribution in [0.5, 0.6) is 0 Å². The molecule has 0 aromatic heterocycles. The van der Waals surface area contributed by atoms with Crippen molar-refractivity contribution in [2.45, 2.75) is 322 Å². The maximum absolute atomic E-state index is 12.9. The third-order valence-corrected chi connectivity index (χ3v) is 13.1. The van der Waals surface area contributed by atoms with Crippen LogP contribution in [0.15, 0.2) is 36.5 Å². The fourth-order valence-electron chi connectivity index (χ4n) is 8.65. The number of carbonyl (C=O) groups is 3. The Bertz CT molecular complexity index is 1130. The maximum atomic E-state index is 12.9. The maximum Gasteiger partial charge on any atom is 0.306 e. The molecular formula is C61H112O6. The number of carbonyl (C=O) groups excluding carboxylic acids is 3. The average molecular weight is 942 g/mol. The molecule has 0 amide bonds. The number of hydrogen-bond donors (Lipinski definition) is 0. The number of allylic oxidation sites excluding steroid dienone is 6. The summed E-state index contributed by atoms with van der Waals surface area (Å²) in [5, 5.41) is 0. The zero-order valence-electron chi connectivity index (χ0n) is 44.9. The summed E-state index contributed by atoms with van der Waals surface area (Å²) in [7, 11) is 0. The minimum Gasteiger partial charge on any atom is -0.462 e. The molecule has 0 aliphatic heterocycles. The van der Waals surface area contributed by atoms with Crippen LogP contribution < -0.4 is 0 Å². The molecule has 1 unspecified atom stereocenters. The number of unbranched alkanes of at least 4 members (excludes halogenated alkanes) is 37. The standard InChI is InChI=1S/C61H112O6/c1-4-7-10-13-16-19-22-25-28-30-31-34-36-39-42-45-48-51-54-60(63)66-57-58(56-65-59(62)53-50-47-44-41-38-35-32-27-24-21-18-15-12-9-6-3)67-61(64)55-52-49-46-43-40-37-33-29-26-23-20-17-14-11-8-5-2/h18,21,27,29,32-33,58H,4-17,19-20,22-26,28,30-31,34-57H2,1-3H3/b21-18-,32-27-,33-29-. The lowest BCUT2D eigenvalue weighted by Gasteiger charge is -2.18. The number of rotatable bonds is 54. The lowest BCUT2D eigenvalue weighted by Crippen LogP contribution is -2.30. The van der Waals surface area contributed by atoms with Crippen molar-refractivity contribution in [3.8, 4) is 0 Å². The molecule has 0 heterocycles. The first kappa shape index (κ1) is 64.6. The molecule has 0 aliphatic carbocycles. The quantitative estimate of drug-likeness (QED) is 0.0262. The van der Waals surface area contributed by atoms with E-state index in [9.17, 15) is 14.4 Å². The summed E-state index contributed by atoms with van der Waals surface area (Å²) in [6.45, 7) is 6.64. The van der Waals surface area contributed by atoms with Gasteiger partial charge in [0.05, 0.1) is 0 Å². The predicted octanol–water partition coefficient (Wildman–Crippen LogP) is 19.7. The molecule has 0 fully saturated rings. The zero-order chi connectivity index (χ0) is 48.6. The van der Waals surface area contributed by atoms with Crippen LogP contribution in [0.2, 0.25) is 0 Å². The first-order chi connectivity index (χ1) is 33.0. The van der Waals surface area contributed by atoms with Gasteiger partial charge in [-0.1, -0.05) is 256 Å². The Morgan fingerprint density at radius 3 is 0.866 bits per heavy atom. The van der Waals surface area contributed by atoms with Gasteiger partial charge in [0.1, 0.15) is 13.2 Å². The third kappa shape index (κ3) is 54.4. The molecule has 6 heteroatoms. The van der Waals surface area contributed by atoms with Crippen molar-refractivity contribution in [2.75, 3.05) is 13.2 Å². The van der Waals surface area contributed by atoms with E-state index in [1.54, 1.807) is 0 Å². The topological polar surface area (TPSA) is 78.9 Å². The van der Waals surface area contributed by atoms with Crippen LogP contribution in [-0.4, -0.2) is 37.2 Å². The van der Waals surface area contributed by atoms with Crippen molar-refractivity contribution in [1.29, 1.82) is 0 Å². The van der Waals surface area contributed by atoms with E-state index in [-0.39, 0.29) is 31.1 Å². The van der Waals surface area contributed by atoms with Gasteiger partial charge in [-0.2, -0.15) is 0 Å². The monoisotopic (exact) mass is 941 g/mol. The SMILES string of the molecule is CCCCC/C=C\C/C=C\CCCCCCCC(=O)OCC(COC(=O)CCCCCCCCCCCCCCCCCCCC)OC(=O)CCCCCCC/C=C\CCCCCCCCC. The van der Waals surface area contributed by atoms with E-state index in [2.05, 4.69) is 57.2 Å². The lowest BCUT2D eigenvalue weighted by molar-refractivity contribution is -0.167. The lowest BCUT2D eigenvalue weighted by atomic mass is 10.0. The summed E-state index contributed by atoms with van der Waals surface area (Å²) in [5.74, 6) is -0.881.